The molecule has 2 aliphatic rings. The van der Waals surface area contributed by atoms with Crippen LogP contribution < -0.4 is 15.8 Å². The maximum atomic E-state index is 13.6. The number of nitrogens with one attached hydrogen (secondary N) is 1. The highest BCUT2D eigenvalue weighted by molar-refractivity contribution is 5.96. The lowest BCUT2D eigenvalue weighted by Crippen LogP contribution is -2.52. The van der Waals surface area contributed by atoms with Crippen molar-refractivity contribution in [3.8, 4) is 5.75 Å². The van der Waals surface area contributed by atoms with Crippen LogP contribution in [0.1, 0.15) is 41.7 Å². The molecule has 7 nitrogen and oxygen atoms in total. The molecule has 2 aromatic rings. The Morgan fingerprint density at radius 3 is 2.89 bits per heavy atom. The van der Waals surface area contributed by atoms with Gasteiger partial charge < -0.3 is 15.8 Å². The minimum absolute atomic E-state index is 0.261. The first-order valence-corrected chi connectivity index (χ1v) is 8.99. The minimum atomic E-state index is -0.923. The standard InChI is InChI=1S/C19H21FN4O3/c1-2-24-13(5-8-22-24)18(26)23-16(17(21)25)15-12-4-3-11(20)9-14(12)27-10-19(15)6-7-19/h3-5,8-9,15-16H,2,6-7,10H2,1H3,(H2,21,25)(H,23,26)/t15-,16-/m0/s1. The van der Waals surface area contributed by atoms with Crippen molar-refractivity contribution in [2.75, 3.05) is 6.61 Å². The first-order chi connectivity index (χ1) is 12.9. The number of primary amides is 1. The van der Waals surface area contributed by atoms with Crippen LogP contribution in [0.15, 0.2) is 30.5 Å². The summed E-state index contributed by atoms with van der Waals surface area (Å²) in [7, 11) is 0. The van der Waals surface area contributed by atoms with Gasteiger partial charge in [0.1, 0.15) is 23.3 Å². The van der Waals surface area contributed by atoms with Crippen molar-refractivity contribution in [3.63, 3.8) is 0 Å². The van der Waals surface area contributed by atoms with Gasteiger partial charge in [-0.15, -0.1) is 0 Å². The molecule has 4 rings (SSSR count). The van der Waals surface area contributed by atoms with E-state index in [-0.39, 0.29) is 11.3 Å². The lowest BCUT2D eigenvalue weighted by molar-refractivity contribution is -0.121. The molecule has 2 atom stereocenters. The number of rotatable bonds is 5. The van der Waals surface area contributed by atoms with E-state index in [0.29, 0.717) is 30.2 Å². The van der Waals surface area contributed by atoms with Crippen molar-refractivity contribution >= 4 is 11.8 Å². The van der Waals surface area contributed by atoms with Crippen molar-refractivity contribution in [2.45, 2.75) is 38.3 Å². The Morgan fingerprint density at radius 1 is 1.44 bits per heavy atom. The lowest BCUT2D eigenvalue weighted by Gasteiger charge is -2.38. The van der Waals surface area contributed by atoms with Crippen LogP contribution in [0.2, 0.25) is 0 Å². The molecule has 0 unspecified atom stereocenters. The summed E-state index contributed by atoms with van der Waals surface area (Å²) in [5, 5.41) is 6.88. The molecule has 0 radical (unpaired) electrons. The van der Waals surface area contributed by atoms with Gasteiger partial charge in [-0.1, -0.05) is 6.07 Å². The average Bonchev–Trinajstić information content (AvgIpc) is 3.24. The van der Waals surface area contributed by atoms with E-state index in [1.807, 2.05) is 6.92 Å². The molecule has 1 saturated carbocycles. The molecule has 8 heteroatoms. The maximum Gasteiger partial charge on any atom is 0.270 e. The van der Waals surface area contributed by atoms with E-state index in [9.17, 15) is 14.0 Å². The second-order valence-electron chi connectivity index (χ2n) is 7.20. The van der Waals surface area contributed by atoms with Crippen LogP contribution in [-0.2, 0) is 11.3 Å². The summed E-state index contributed by atoms with van der Waals surface area (Å²) in [4.78, 5) is 25.1. The number of nitrogens with zero attached hydrogens (tertiary/aromatic N) is 2. The first-order valence-electron chi connectivity index (χ1n) is 8.99. The summed E-state index contributed by atoms with van der Waals surface area (Å²) in [6.07, 6.45) is 3.26. The van der Waals surface area contributed by atoms with Crippen molar-refractivity contribution < 1.29 is 18.7 Å². The molecule has 1 aromatic carbocycles. The minimum Gasteiger partial charge on any atom is -0.493 e. The molecule has 1 fully saturated rings. The van der Waals surface area contributed by atoms with E-state index in [2.05, 4.69) is 10.4 Å². The highest BCUT2D eigenvalue weighted by atomic mass is 19.1. The number of nitrogens with two attached hydrogens (primary N) is 1. The SMILES string of the molecule is CCn1nccc1C(=O)N[C@H](C(N)=O)[C@@H]1c2ccc(F)cc2OCC12CC2. The van der Waals surface area contributed by atoms with Crippen LogP contribution in [0.4, 0.5) is 4.39 Å². The molecule has 142 valence electrons. The smallest absolute Gasteiger partial charge is 0.270 e. The van der Waals surface area contributed by atoms with Gasteiger partial charge in [0.15, 0.2) is 0 Å². The number of aromatic nitrogens is 2. The molecular weight excluding hydrogens is 351 g/mol. The Kier molecular flexibility index (Phi) is 4.13. The fourth-order valence-electron chi connectivity index (χ4n) is 3.99. The number of benzene rings is 1. The third-order valence-electron chi connectivity index (χ3n) is 5.55. The predicted molar refractivity (Wildman–Crippen MR) is 94.7 cm³/mol. The highest BCUT2D eigenvalue weighted by Crippen LogP contribution is 2.61. The largest absolute Gasteiger partial charge is 0.493 e. The lowest BCUT2D eigenvalue weighted by atomic mass is 9.76. The van der Waals surface area contributed by atoms with Gasteiger partial charge in [0.25, 0.3) is 5.91 Å². The number of hydrogen-bond donors (Lipinski definition) is 2. The molecule has 1 spiro atoms. The summed E-state index contributed by atoms with van der Waals surface area (Å²) >= 11 is 0. The van der Waals surface area contributed by atoms with Crippen molar-refractivity contribution in [1.29, 1.82) is 0 Å². The fourth-order valence-corrected chi connectivity index (χ4v) is 3.99. The Labute approximate surface area is 155 Å². The van der Waals surface area contributed by atoms with Crippen molar-refractivity contribution in [2.24, 2.45) is 11.1 Å². The summed E-state index contributed by atoms with van der Waals surface area (Å²) in [6, 6.07) is 4.93. The van der Waals surface area contributed by atoms with Gasteiger partial charge >= 0.3 is 0 Å². The zero-order valence-electron chi connectivity index (χ0n) is 14.9. The summed E-state index contributed by atoms with van der Waals surface area (Å²) < 4.78 is 20.9. The van der Waals surface area contributed by atoms with Gasteiger partial charge in [0.2, 0.25) is 5.91 Å². The topological polar surface area (TPSA) is 99.2 Å². The highest BCUT2D eigenvalue weighted by Gasteiger charge is 2.57. The van der Waals surface area contributed by atoms with Crippen LogP contribution in [0.3, 0.4) is 0 Å². The third kappa shape index (κ3) is 2.94. The molecule has 1 aliphatic carbocycles. The number of carbonyl (C=O) groups excluding carboxylic acids is 2. The molecule has 2 amide bonds. The number of aryl methyl sites for hydroxylation is 1. The van der Waals surface area contributed by atoms with Gasteiger partial charge in [0, 0.05) is 35.7 Å². The molecule has 1 aromatic heterocycles. The van der Waals surface area contributed by atoms with Gasteiger partial charge in [-0.25, -0.2) is 4.39 Å². The molecule has 3 N–H and O–H groups in total. The molecule has 1 aliphatic heterocycles. The predicted octanol–water partition coefficient (Wildman–Crippen LogP) is 1.58. The number of hydrogen-bond acceptors (Lipinski definition) is 4. The number of ether oxygens (including phenoxy) is 1. The van der Waals surface area contributed by atoms with Gasteiger partial charge in [0.05, 0.1) is 6.61 Å². The fraction of sp³-hybridized carbons (Fsp3) is 0.421. The Balaban J connectivity index is 1.70. The quantitative estimate of drug-likeness (QED) is 0.832. The Bertz CT molecular complexity index is 906. The van der Waals surface area contributed by atoms with Crippen molar-refractivity contribution in [3.05, 3.63) is 47.5 Å². The molecule has 0 saturated heterocycles. The van der Waals surface area contributed by atoms with E-state index in [4.69, 9.17) is 10.5 Å². The number of carbonyl (C=O) groups is 2. The van der Waals surface area contributed by atoms with Crippen LogP contribution >= 0.6 is 0 Å². The molecule has 27 heavy (non-hydrogen) atoms. The van der Waals surface area contributed by atoms with Crippen LogP contribution in [0.5, 0.6) is 5.75 Å². The van der Waals surface area contributed by atoms with E-state index in [1.165, 1.54) is 18.3 Å². The number of amides is 2. The second-order valence-corrected chi connectivity index (χ2v) is 7.20. The maximum absolute atomic E-state index is 13.6. The summed E-state index contributed by atoms with van der Waals surface area (Å²) in [6.45, 7) is 2.78. The molecular formula is C19H21FN4O3. The Hall–Kier alpha value is -2.90. The third-order valence-corrected chi connectivity index (χ3v) is 5.55. The second kappa shape index (κ2) is 6.37. The van der Waals surface area contributed by atoms with E-state index in [0.717, 1.165) is 12.8 Å². The van der Waals surface area contributed by atoms with Gasteiger partial charge in [-0.3, -0.25) is 14.3 Å². The monoisotopic (exact) mass is 372 g/mol. The summed E-state index contributed by atoms with van der Waals surface area (Å²) in [5.41, 5.74) is 6.49. The van der Waals surface area contributed by atoms with E-state index >= 15 is 0 Å². The number of halogens is 1. The van der Waals surface area contributed by atoms with Crippen LogP contribution in [0, 0.1) is 11.2 Å². The van der Waals surface area contributed by atoms with Gasteiger partial charge in [-0.2, -0.15) is 5.10 Å². The molecule has 0 bridgehead atoms. The van der Waals surface area contributed by atoms with Gasteiger partial charge in [-0.05, 0) is 31.9 Å². The summed E-state index contributed by atoms with van der Waals surface area (Å²) in [5.74, 6) is -1.41. The molecule has 2 heterocycles. The zero-order valence-corrected chi connectivity index (χ0v) is 14.9. The zero-order chi connectivity index (χ0) is 19.2. The first kappa shape index (κ1) is 17.5. The van der Waals surface area contributed by atoms with Crippen LogP contribution in [0.25, 0.3) is 0 Å². The normalized spacial score (nSPS) is 20.4. The van der Waals surface area contributed by atoms with Crippen LogP contribution in [-0.4, -0.2) is 34.2 Å². The van der Waals surface area contributed by atoms with Crippen molar-refractivity contribution in [1.82, 2.24) is 15.1 Å². The Morgan fingerprint density at radius 2 is 2.22 bits per heavy atom. The van der Waals surface area contributed by atoms with E-state index in [1.54, 1.807) is 16.8 Å². The number of fused-ring (bicyclic) bond motifs is 1. The van der Waals surface area contributed by atoms with E-state index < -0.39 is 23.7 Å². The average molecular weight is 372 g/mol.